The van der Waals surface area contributed by atoms with Crippen LogP contribution >= 0.6 is 0 Å². The number of carbonyl (C=O) groups is 1. The highest BCUT2D eigenvalue weighted by Crippen LogP contribution is 2.38. The van der Waals surface area contributed by atoms with E-state index in [4.69, 9.17) is 14.2 Å². The molecule has 0 aliphatic heterocycles. The zero-order valence-corrected chi connectivity index (χ0v) is 13.0. The maximum Gasteiger partial charge on any atom is 0.255 e. The molecule has 0 aliphatic carbocycles. The third-order valence-electron chi connectivity index (χ3n) is 3.10. The molecule has 1 aromatic carbocycles. The molecule has 0 radical (unpaired) electrons. The van der Waals surface area contributed by atoms with Crippen LogP contribution in [0.15, 0.2) is 30.5 Å². The zero-order chi connectivity index (χ0) is 16.1. The van der Waals surface area contributed by atoms with Crippen molar-refractivity contribution in [2.45, 2.75) is 6.92 Å². The standard InChI is InChI=1S/C16H18N2O4/c1-10-5-6-12(9-17-10)18-16(19)11-7-13(20-2)15(22-4)14(8-11)21-3/h5-9H,1-4H3,(H,18,19). The second-order valence-electron chi connectivity index (χ2n) is 4.56. The summed E-state index contributed by atoms with van der Waals surface area (Å²) in [5.74, 6) is 1.01. The van der Waals surface area contributed by atoms with Crippen molar-refractivity contribution in [2.24, 2.45) is 0 Å². The van der Waals surface area contributed by atoms with Gasteiger partial charge in [-0.3, -0.25) is 9.78 Å². The number of methoxy groups -OCH3 is 3. The van der Waals surface area contributed by atoms with Crippen LogP contribution in [0.5, 0.6) is 17.2 Å². The number of rotatable bonds is 5. The van der Waals surface area contributed by atoms with Crippen molar-refractivity contribution in [1.82, 2.24) is 4.98 Å². The van der Waals surface area contributed by atoms with Gasteiger partial charge in [-0.1, -0.05) is 0 Å². The van der Waals surface area contributed by atoms with E-state index in [-0.39, 0.29) is 5.91 Å². The Morgan fingerprint density at radius 2 is 1.68 bits per heavy atom. The van der Waals surface area contributed by atoms with E-state index >= 15 is 0 Å². The number of benzene rings is 1. The minimum atomic E-state index is -0.287. The first-order valence-electron chi connectivity index (χ1n) is 6.63. The maximum atomic E-state index is 12.3. The van der Waals surface area contributed by atoms with Gasteiger partial charge in [-0.25, -0.2) is 0 Å². The number of hydrogen-bond acceptors (Lipinski definition) is 5. The van der Waals surface area contributed by atoms with Crippen LogP contribution in [0.1, 0.15) is 16.1 Å². The summed E-state index contributed by atoms with van der Waals surface area (Å²) in [5, 5.41) is 2.77. The lowest BCUT2D eigenvalue weighted by Gasteiger charge is -2.14. The molecular formula is C16H18N2O4. The molecule has 0 saturated carbocycles. The predicted octanol–water partition coefficient (Wildman–Crippen LogP) is 2.67. The average Bonchev–Trinajstić information content (AvgIpc) is 2.55. The fourth-order valence-corrected chi connectivity index (χ4v) is 1.96. The minimum Gasteiger partial charge on any atom is -0.493 e. The summed E-state index contributed by atoms with van der Waals surface area (Å²) in [5.41, 5.74) is 1.89. The average molecular weight is 302 g/mol. The van der Waals surface area contributed by atoms with Gasteiger partial charge in [-0.2, -0.15) is 0 Å². The first-order valence-corrected chi connectivity index (χ1v) is 6.63. The lowest BCUT2D eigenvalue weighted by molar-refractivity contribution is 0.102. The summed E-state index contributed by atoms with van der Waals surface area (Å²) in [6, 6.07) is 6.81. The van der Waals surface area contributed by atoms with Crippen LogP contribution in [0.25, 0.3) is 0 Å². The number of pyridine rings is 1. The molecule has 6 nitrogen and oxygen atoms in total. The topological polar surface area (TPSA) is 69.7 Å². The Morgan fingerprint density at radius 3 is 2.14 bits per heavy atom. The van der Waals surface area contributed by atoms with Crippen molar-refractivity contribution >= 4 is 11.6 Å². The van der Waals surface area contributed by atoms with Crippen molar-refractivity contribution in [1.29, 1.82) is 0 Å². The van der Waals surface area contributed by atoms with E-state index in [2.05, 4.69) is 10.3 Å². The van der Waals surface area contributed by atoms with Gasteiger partial charge in [-0.15, -0.1) is 0 Å². The van der Waals surface area contributed by atoms with Crippen molar-refractivity contribution in [3.63, 3.8) is 0 Å². The van der Waals surface area contributed by atoms with E-state index < -0.39 is 0 Å². The lowest BCUT2D eigenvalue weighted by Crippen LogP contribution is -2.12. The van der Waals surface area contributed by atoms with Gasteiger partial charge < -0.3 is 19.5 Å². The number of nitrogens with zero attached hydrogens (tertiary/aromatic N) is 1. The first kappa shape index (κ1) is 15.6. The third-order valence-corrected chi connectivity index (χ3v) is 3.10. The Morgan fingerprint density at radius 1 is 1.05 bits per heavy atom. The summed E-state index contributed by atoms with van der Waals surface area (Å²) in [6.07, 6.45) is 1.60. The molecule has 0 fully saturated rings. The normalized spacial score (nSPS) is 10.0. The van der Waals surface area contributed by atoms with Gasteiger partial charge in [0.15, 0.2) is 11.5 Å². The number of amides is 1. The molecule has 0 spiro atoms. The molecule has 6 heteroatoms. The summed E-state index contributed by atoms with van der Waals surface area (Å²) in [7, 11) is 4.52. The summed E-state index contributed by atoms with van der Waals surface area (Å²) >= 11 is 0. The monoisotopic (exact) mass is 302 g/mol. The Kier molecular flexibility index (Phi) is 4.83. The summed E-state index contributed by atoms with van der Waals surface area (Å²) in [6.45, 7) is 1.88. The van der Waals surface area contributed by atoms with Crippen LogP contribution < -0.4 is 19.5 Å². The highest BCUT2D eigenvalue weighted by Gasteiger charge is 2.17. The minimum absolute atomic E-state index is 0.287. The fraction of sp³-hybridized carbons (Fsp3) is 0.250. The summed E-state index contributed by atoms with van der Waals surface area (Å²) < 4.78 is 15.7. The van der Waals surface area contributed by atoms with Gasteiger partial charge in [0.25, 0.3) is 5.91 Å². The second-order valence-corrected chi connectivity index (χ2v) is 4.56. The van der Waals surface area contributed by atoms with Crippen LogP contribution in [0.3, 0.4) is 0 Å². The van der Waals surface area contributed by atoms with Gasteiger partial charge in [-0.05, 0) is 31.2 Å². The zero-order valence-electron chi connectivity index (χ0n) is 13.0. The Bertz CT molecular complexity index is 643. The number of hydrogen-bond donors (Lipinski definition) is 1. The molecule has 22 heavy (non-hydrogen) atoms. The Balaban J connectivity index is 2.31. The van der Waals surface area contributed by atoms with Crippen LogP contribution in [0.4, 0.5) is 5.69 Å². The number of anilines is 1. The molecule has 1 N–H and O–H groups in total. The highest BCUT2D eigenvalue weighted by atomic mass is 16.5. The maximum absolute atomic E-state index is 12.3. The van der Waals surface area contributed by atoms with Crippen LogP contribution in [0.2, 0.25) is 0 Å². The fourth-order valence-electron chi connectivity index (χ4n) is 1.96. The van der Waals surface area contributed by atoms with Crippen molar-refractivity contribution in [2.75, 3.05) is 26.6 Å². The molecule has 0 bridgehead atoms. The lowest BCUT2D eigenvalue weighted by atomic mass is 10.1. The van der Waals surface area contributed by atoms with E-state index in [0.29, 0.717) is 28.5 Å². The van der Waals surface area contributed by atoms with Crippen LogP contribution in [-0.2, 0) is 0 Å². The molecular weight excluding hydrogens is 284 g/mol. The highest BCUT2D eigenvalue weighted by molar-refractivity contribution is 6.05. The first-order chi connectivity index (χ1) is 10.6. The molecule has 1 amide bonds. The molecule has 0 atom stereocenters. The smallest absolute Gasteiger partial charge is 0.255 e. The molecule has 2 aromatic rings. The number of aromatic nitrogens is 1. The quantitative estimate of drug-likeness (QED) is 0.919. The van der Waals surface area contributed by atoms with Crippen molar-refractivity contribution < 1.29 is 19.0 Å². The molecule has 116 valence electrons. The number of carbonyl (C=O) groups excluding carboxylic acids is 1. The molecule has 0 saturated heterocycles. The SMILES string of the molecule is COc1cc(C(=O)Nc2ccc(C)nc2)cc(OC)c1OC. The number of aryl methyl sites for hydroxylation is 1. The predicted molar refractivity (Wildman–Crippen MR) is 83.0 cm³/mol. The molecule has 2 rings (SSSR count). The van der Waals surface area contributed by atoms with Gasteiger partial charge in [0.05, 0.1) is 33.2 Å². The van der Waals surface area contributed by atoms with Crippen LogP contribution in [0, 0.1) is 6.92 Å². The molecule has 1 heterocycles. The van der Waals surface area contributed by atoms with Crippen molar-refractivity contribution in [3.8, 4) is 17.2 Å². The van der Waals surface area contributed by atoms with Crippen molar-refractivity contribution in [3.05, 3.63) is 41.7 Å². The molecule has 1 aromatic heterocycles. The van der Waals surface area contributed by atoms with E-state index in [0.717, 1.165) is 5.69 Å². The second kappa shape index (κ2) is 6.80. The van der Waals surface area contributed by atoms with Gasteiger partial charge in [0.1, 0.15) is 0 Å². The third kappa shape index (κ3) is 3.28. The van der Waals surface area contributed by atoms with Gasteiger partial charge in [0.2, 0.25) is 5.75 Å². The van der Waals surface area contributed by atoms with Gasteiger partial charge in [0, 0.05) is 11.3 Å². The van der Waals surface area contributed by atoms with Gasteiger partial charge >= 0.3 is 0 Å². The van der Waals surface area contributed by atoms with Crippen LogP contribution in [-0.4, -0.2) is 32.2 Å². The number of ether oxygens (including phenoxy) is 3. The van der Waals surface area contributed by atoms with E-state index in [9.17, 15) is 4.79 Å². The largest absolute Gasteiger partial charge is 0.493 e. The Labute approximate surface area is 129 Å². The van der Waals surface area contributed by atoms with E-state index in [1.807, 2.05) is 13.0 Å². The van der Waals surface area contributed by atoms with E-state index in [1.165, 1.54) is 21.3 Å². The van der Waals surface area contributed by atoms with E-state index in [1.54, 1.807) is 24.4 Å². The summed E-state index contributed by atoms with van der Waals surface area (Å²) in [4.78, 5) is 16.5. The Hall–Kier alpha value is -2.76. The molecule has 0 aliphatic rings. The number of nitrogens with one attached hydrogen (secondary N) is 1. The molecule has 0 unspecified atom stereocenters.